The molecular formula is C23H21NO4. The number of hydrogen-bond donors (Lipinski definition) is 1. The summed E-state index contributed by atoms with van der Waals surface area (Å²) >= 11 is 0. The number of nitrogens with one attached hydrogen (secondary N) is 1. The van der Waals surface area contributed by atoms with E-state index in [0.29, 0.717) is 28.1 Å². The van der Waals surface area contributed by atoms with Gasteiger partial charge in [-0.05, 0) is 49.6 Å². The first-order valence-electron chi connectivity index (χ1n) is 8.94. The predicted molar refractivity (Wildman–Crippen MR) is 107 cm³/mol. The molecular weight excluding hydrogens is 354 g/mol. The highest BCUT2D eigenvalue weighted by molar-refractivity contribution is 6.04. The van der Waals surface area contributed by atoms with Crippen LogP contribution in [0.1, 0.15) is 49.4 Å². The standard InChI is InChI=1S/C23H21NO4/c1-14-21(16(3)25)15(2)24-22(14)20(26)13-28-23(27)19-11-9-18(10-12-19)17-7-5-4-6-8-17/h4-12,24H,13H2,1-3H3. The van der Waals surface area contributed by atoms with E-state index in [1.165, 1.54) is 6.92 Å². The molecule has 0 aliphatic heterocycles. The summed E-state index contributed by atoms with van der Waals surface area (Å²) in [7, 11) is 0. The number of aryl methyl sites for hydroxylation is 1. The quantitative estimate of drug-likeness (QED) is 0.507. The van der Waals surface area contributed by atoms with E-state index in [1.54, 1.807) is 26.0 Å². The van der Waals surface area contributed by atoms with Crippen molar-refractivity contribution >= 4 is 17.5 Å². The fourth-order valence-corrected chi connectivity index (χ4v) is 3.27. The summed E-state index contributed by atoms with van der Waals surface area (Å²) in [5.74, 6) is -1.05. The molecule has 2 aromatic carbocycles. The lowest BCUT2D eigenvalue weighted by Crippen LogP contribution is -2.15. The maximum atomic E-state index is 12.4. The highest BCUT2D eigenvalue weighted by atomic mass is 16.5. The molecule has 0 spiro atoms. The minimum Gasteiger partial charge on any atom is -0.454 e. The molecule has 1 heterocycles. The Hall–Kier alpha value is -3.47. The second-order valence-corrected chi connectivity index (χ2v) is 6.62. The first-order valence-corrected chi connectivity index (χ1v) is 8.94. The monoisotopic (exact) mass is 375 g/mol. The van der Waals surface area contributed by atoms with Crippen LogP contribution in [0.15, 0.2) is 54.6 Å². The Morgan fingerprint density at radius 1 is 0.893 bits per heavy atom. The zero-order chi connectivity index (χ0) is 20.3. The van der Waals surface area contributed by atoms with Crippen LogP contribution in [0.5, 0.6) is 0 Å². The van der Waals surface area contributed by atoms with Crippen LogP contribution in [0.25, 0.3) is 11.1 Å². The van der Waals surface area contributed by atoms with Gasteiger partial charge in [0, 0.05) is 11.3 Å². The molecule has 0 unspecified atom stereocenters. The fraction of sp³-hybridized carbons (Fsp3) is 0.174. The molecule has 0 aliphatic rings. The summed E-state index contributed by atoms with van der Waals surface area (Å²) in [6, 6.07) is 16.8. The van der Waals surface area contributed by atoms with E-state index in [0.717, 1.165) is 11.1 Å². The van der Waals surface area contributed by atoms with Gasteiger partial charge in [0.1, 0.15) is 0 Å². The van der Waals surface area contributed by atoms with E-state index in [1.807, 2.05) is 42.5 Å². The molecule has 0 radical (unpaired) electrons. The van der Waals surface area contributed by atoms with Crippen molar-refractivity contribution < 1.29 is 19.1 Å². The molecule has 0 fully saturated rings. The van der Waals surface area contributed by atoms with Crippen LogP contribution < -0.4 is 0 Å². The van der Waals surface area contributed by atoms with Crippen molar-refractivity contribution in [1.29, 1.82) is 0 Å². The maximum absolute atomic E-state index is 12.4. The molecule has 0 bridgehead atoms. The van der Waals surface area contributed by atoms with E-state index >= 15 is 0 Å². The maximum Gasteiger partial charge on any atom is 0.338 e. The molecule has 0 saturated heterocycles. The lowest BCUT2D eigenvalue weighted by atomic mass is 10.0. The molecule has 1 aromatic heterocycles. The minimum absolute atomic E-state index is 0.110. The van der Waals surface area contributed by atoms with E-state index in [4.69, 9.17) is 4.74 Å². The third-order valence-corrected chi connectivity index (χ3v) is 4.63. The number of Topliss-reactive ketones (excluding diaryl/α,β-unsaturated/α-hetero) is 2. The first kappa shape index (κ1) is 19.3. The normalized spacial score (nSPS) is 10.5. The number of aromatic nitrogens is 1. The highest BCUT2D eigenvalue weighted by Gasteiger charge is 2.21. The molecule has 142 valence electrons. The third-order valence-electron chi connectivity index (χ3n) is 4.63. The van der Waals surface area contributed by atoms with Gasteiger partial charge < -0.3 is 9.72 Å². The molecule has 0 amide bonds. The number of rotatable bonds is 6. The van der Waals surface area contributed by atoms with Crippen molar-refractivity contribution in [3.8, 4) is 11.1 Å². The molecule has 0 atom stereocenters. The predicted octanol–water partition coefficient (Wildman–Crippen LogP) is 4.54. The van der Waals surface area contributed by atoms with Gasteiger partial charge in [-0.15, -0.1) is 0 Å². The lowest BCUT2D eigenvalue weighted by Gasteiger charge is -2.06. The Morgan fingerprint density at radius 2 is 1.50 bits per heavy atom. The van der Waals surface area contributed by atoms with E-state index in [2.05, 4.69) is 4.98 Å². The number of ketones is 2. The number of ether oxygens (including phenoxy) is 1. The van der Waals surface area contributed by atoms with Gasteiger partial charge in [0.15, 0.2) is 12.4 Å². The summed E-state index contributed by atoms with van der Waals surface area (Å²) in [6.07, 6.45) is 0. The number of carbonyl (C=O) groups is 3. The number of aromatic amines is 1. The van der Waals surface area contributed by atoms with Crippen molar-refractivity contribution in [2.24, 2.45) is 0 Å². The second kappa shape index (κ2) is 8.05. The van der Waals surface area contributed by atoms with Gasteiger partial charge in [0.2, 0.25) is 5.78 Å². The van der Waals surface area contributed by atoms with Gasteiger partial charge in [0.25, 0.3) is 0 Å². The van der Waals surface area contributed by atoms with Gasteiger partial charge in [0.05, 0.1) is 11.3 Å². The third kappa shape index (κ3) is 3.93. The molecule has 1 N–H and O–H groups in total. The van der Waals surface area contributed by atoms with Gasteiger partial charge in [-0.3, -0.25) is 9.59 Å². The average Bonchev–Trinajstić information content (AvgIpc) is 3.01. The summed E-state index contributed by atoms with van der Waals surface area (Å²) in [6.45, 7) is 4.51. The Labute approximate surface area is 163 Å². The van der Waals surface area contributed by atoms with Crippen LogP contribution in [0, 0.1) is 13.8 Å². The van der Waals surface area contributed by atoms with Crippen molar-refractivity contribution in [3.63, 3.8) is 0 Å². The van der Waals surface area contributed by atoms with Crippen LogP contribution in [-0.4, -0.2) is 29.1 Å². The minimum atomic E-state index is -0.569. The van der Waals surface area contributed by atoms with Crippen LogP contribution in [0.4, 0.5) is 0 Å². The van der Waals surface area contributed by atoms with Crippen molar-refractivity contribution in [2.45, 2.75) is 20.8 Å². The van der Waals surface area contributed by atoms with Crippen LogP contribution in [0.3, 0.4) is 0 Å². The topological polar surface area (TPSA) is 76.2 Å². The SMILES string of the molecule is CC(=O)c1c(C)[nH]c(C(=O)COC(=O)c2ccc(-c3ccccc3)cc2)c1C. The summed E-state index contributed by atoms with van der Waals surface area (Å²) in [5, 5.41) is 0. The van der Waals surface area contributed by atoms with Gasteiger partial charge in [-0.2, -0.15) is 0 Å². The van der Waals surface area contributed by atoms with Crippen molar-refractivity contribution in [1.82, 2.24) is 4.98 Å². The van der Waals surface area contributed by atoms with Crippen molar-refractivity contribution in [2.75, 3.05) is 6.61 Å². The molecule has 0 saturated carbocycles. The van der Waals surface area contributed by atoms with Crippen molar-refractivity contribution in [3.05, 3.63) is 82.7 Å². The second-order valence-electron chi connectivity index (χ2n) is 6.62. The van der Waals surface area contributed by atoms with Crippen LogP contribution >= 0.6 is 0 Å². The Balaban J connectivity index is 1.66. The number of benzene rings is 2. The van der Waals surface area contributed by atoms with Crippen LogP contribution in [-0.2, 0) is 4.74 Å². The largest absolute Gasteiger partial charge is 0.454 e. The van der Waals surface area contributed by atoms with Crippen LogP contribution in [0.2, 0.25) is 0 Å². The Kier molecular flexibility index (Phi) is 5.54. The first-order chi connectivity index (χ1) is 13.4. The van der Waals surface area contributed by atoms with Gasteiger partial charge in [-0.25, -0.2) is 4.79 Å². The zero-order valence-corrected chi connectivity index (χ0v) is 16.0. The number of hydrogen-bond acceptors (Lipinski definition) is 4. The molecule has 3 aromatic rings. The van der Waals surface area contributed by atoms with Gasteiger partial charge in [-0.1, -0.05) is 42.5 Å². The molecule has 5 nitrogen and oxygen atoms in total. The number of carbonyl (C=O) groups excluding carboxylic acids is 3. The molecule has 28 heavy (non-hydrogen) atoms. The number of H-pyrrole nitrogens is 1. The highest BCUT2D eigenvalue weighted by Crippen LogP contribution is 2.21. The van der Waals surface area contributed by atoms with E-state index in [9.17, 15) is 14.4 Å². The summed E-state index contributed by atoms with van der Waals surface area (Å²) < 4.78 is 5.16. The molecule has 3 rings (SSSR count). The van der Waals surface area contributed by atoms with E-state index in [-0.39, 0.29) is 11.6 Å². The zero-order valence-electron chi connectivity index (χ0n) is 16.0. The molecule has 5 heteroatoms. The average molecular weight is 375 g/mol. The van der Waals surface area contributed by atoms with Gasteiger partial charge >= 0.3 is 5.97 Å². The smallest absolute Gasteiger partial charge is 0.338 e. The molecule has 0 aliphatic carbocycles. The Bertz CT molecular complexity index is 1030. The Morgan fingerprint density at radius 3 is 2.07 bits per heavy atom. The summed E-state index contributed by atoms with van der Waals surface area (Å²) in [5.41, 5.74) is 4.44. The van der Waals surface area contributed by atoms with E-state index < -0.39 is 12.6 Å². The summed E-state index contributed by atoms with van der Waals surface area (Å²) in [4.78, 5) is 39.3. The number of esters is 1. The lowest BCUT2D eigenvalue weighted by molar-refractivity contribution is 0.0473. The fourth-order valence-electron chi connectivity index (χ4n) is 3.27.